The van der Waals surface area contributed by atoms with Gasteiger partial charge < -0.3 is 4.74 Å². The zero-order chi connectivity index (χ0) is 10.8. The zero-order valence-electron chi connectivity index (χ0n) is 9.74. The van der Waals surface area contributed by atoms with Crippen LogP contribution < -0.4 is 0 Å². The number of hydrogen-bond acceptors (Lipinski definition) is 3. The van der Waals surface area contributed by atoms with Crippen molar-refractivity contribution in [2.75, 3.05) is 19.7 Å². The van der Waals surface area contributed by atoms with Gasteiger partial charge in [-0.15, -0.1) is 0 Å². The summed E-state index contributed by atoms with van der Waals surface area (Å²) in [6.07, 6.45) is 4.09. The molecule has 0 aromatic heterocycles. The van der Waals surface area contributed by atoms with Gasteiger partial charge in [-0.05, 0) is 32.1 Å². The predicted molar refractivity (Wildman–Crippen MR) is 58.5 cm³/mol. The van der Waals surface area contributed by atoms with Crippen LogP contribution in [0.4, 0.5) is 0 Å². The van der Waals surface area contributed by atoms with Crippen molar-refractivity contribution in [2.45, 2.75) is 39.2 Å². The summed E-state index contributed by atoms with van der Waals surface area (Å²) in [5.41, 5.74) is 0. The molecule has 2 bridgehead atoms. The SMILES string of the molecule is CCOC(=O)C(C)CN1CC2CCC1C2. The van der Waals surface area contributed by atoms with Gasteiger partial charge in [-0.25, -0.2) is 0 Å². The lowest BCUT2D eigenvalue weighted by atomic mass is 10.1. The Bertz CT molecular complexity index is 242. The van der Waals surface area contributed by atoms with E-state index in [0.29, 0.717) is 6.61 Å². The van der Waals surface area contributed by atoms with Gasteiger partial charge in [0.1, 0.15) is 0 Å². The van der Waals surface area contributed by atoms with Gasteiger partial charge in [-0.2, -0.15) is 0 Å². The third kappa shape index (κ3) is 2.33. The number of likely N-dealkylation sites (tertiary alicyclic amines) is 1. The molecule has 0 spiro atoms. The van der Waals surface area contributed by atoms with E-state index in [1.54, 1.807) is 0 Å². The first-order valence-corrected chi connectivity index (χ1v) is 6.11. The van der Waals surface area contributed by atoms with Gasteiger partial charge in [0.2, 0.25) is 0 Å². The van der Waals surface area contributed by atoms with E-state index in [2.05, 4.69) is 4.90 Å². The van der Waals surface area contributed by atoms with Crippen LogP contribution in [0.5, 0.6) is 0 Å². The molecule has 2 rings (SSSR count). The van der Waals surface area contributed by atoms with Crippen molar-refractivity contribution < 1.29 is 9.53 Å². The second kappa shape index (κ2) is 4.52. The maximum absolute atomic E-state index is 11.5. The molecule has 1 aliphatic carbocycles. The molecule has 0 radical (unpaired) electrons. The Morgan fingerprint density at radius 1 is 1.53 bits per heavy atom. The summed E-state index contributed by atoms with van der Waals surface area (Å²) in [5, 5.41) is 0. The topological polar surface area (TPSA) is 29.5 Å². The molecular formula is C12H21NO2. The number of rotatable bonds is 4. The number of carbonyl (C=O) groups excluding carboxylic acids is 1. The fourth-order valence-electron chi connectivity index (χ4n) is 2.96. The summed E-state index contributed by atoms with van der Waals surface area (Å²) in [4.78, 5) is 14.0. The highest BCUT2D eigenvalue weighted by molar-refractivity contribution is 5.72. The smallest absolute Gasteiger partial charge is 0.309 e. The molecule has 0 amide bonds. The highest BCUT2D eigenvalue weighted by Gasteiger charge is 2.38. The van der Waals surface area contributed by atoms with Gasteiger partial charge in [0.05, 0.1) is 12.5 Å². The largest absolute Gasteiger partial charge is 0.466 e. The van der Waals surface area contributed by atoms with Crippen LogP contribution in [0.15, 0.2) is 0 Å². The monoisotopic (exact) mass is 211 g/mol. The summed E-state index contributed by atoms with van der Waals surface area (Å²) >= 11 is 0. The maximum atomic E-state index is 11.5. The van der Waals surface area contributed by atoms with E-state index >= 15 is 0 Å². The molecule has 3 atom stereocenters. The van der Waals surface area contributed by atoms with E-state index in [-0.39, 0.29) is 11.9 Å². The summed E-state index contributed by atoms with van der Waals surface area (Å²) in [6.45, 7) is 6.43. The van der Waals surface area contributed by atoms with Crippen LogP contribution in [0.3, 0.4) is 0 Å². The first-order valence-electron chi connectivity index (χ1n) is 6.11. The Morgan fingerprint density at radius 2 is 2.33 bits per heavy atom. The lowest BCUT2D eigenvalue weighted by molar-refractivity contribution is -0.148. The Balaban J connectivity index is 1.79. The fraction of sp³-hybridized carbons (Fsp3) is 0.917. The summed E-state index contributed by atoms with van der Waals surface area (Å²) in [6, 6.07) is 0.756. The first-order chi connectivity index (χ1) is 7.20. The molecule has 3 heteroatoms. The van der Waals surface area contributed by atoms with Crippen LogP contribution in [-0.4, -0.2) is 36.6 Å². The zero-order valence-corrected chi connectivity index (χ0v) is 9.74. The predicted octanol–water partition coefficient (Wildman–Crippen LogP) is 1.67. The van der Waals surface area contributed by atoms with Crippen molar-refractivity contribution in [3.05, 3.63) is 0 Å². The van der Waals surface area contributed by atoms with Crippen molar-refractivity contribution in [2.24, 2.45) is 11.8 Å². The Kier molecular flexibility index (Phi) is 3.29. The van der Waals surface area contributed by atoms with Gasteiger partial charge in [-0.1, -0.05) is 6.92 Å². The minimum atomic E-state index is -0.0414. The summed E-state index contributed by atoms with van der Waals surface area (Å²) in [5.74, 6) is 0.897. The molecule has 3 unspecified atom stereocenters. The van der Waals surface area contributed by atoms with E-state index in [4.69, 9.17) is 4.74 Å². The highest BCUT2D eigenvalue weighted by atomic mass is 16.5. The fourth-order valence-corrected chi connectivity index (χ4v) is 2.96. The molecule has 86 valence electrons. The minimum absolute atomic E-state index is 0.0318. The molecule has 1 saturated carbocycles. The second-order valence-corrected chi connectivity index (χ2v) is 4.94. The average molecular weight is 211 g/mol. The lowest BCUT2D eigenvalue weighted by Gasteiger charge is -2.28. The van der Waals surface area contributed by atoms with Crippen molar-refractivity contribution in [3.63, 3.8) is 0 Å². The van der Waals surface area contributed by atoms with Crippen LogP contribution in [-0.2, 0) is 9.53 Å². The van der Waals surface area contributed by atoms with E-state index in [1.165, 1.54) is 25.8 Å². The van der Waals surface area contributed by atoms with Gasteiger partial charge in [0, 0.05) is 19.1 Å². The number of esters is 1. The minimum Gasteiger partial charge on any atom is -0.466 e. The van der Waals surface area contributed by atoms with Gasteiger partial charge in [0.25, 0.3) is 0 Å². The second-order valence-electron chi connectivity index (χ2n) is 4.94. The molecule has 1 heterocycles. The van der Waals surface area contributed by atoms with Crippen LogP contribution in [0, 0.1) is 11.8 Å². The van der Waals surface area contributed by atoms with Crippen LogP contribution in [0.2, 0.25) is 0 Å². The van der Waals surface area contributed by atoms with E-state index in [9.17, 15) is 4.79 Å². The Morgan fingerprint density at radius 3 is 2.87 bits per heavy atom. The Labute approximate surface area is 91.8 Å². The van der Waals surface area contributed by atoms with E-state index in [1.807, 2.05) is 13.8 Å². The van der Waals surface area contributed by atoms with Crippen LogP contribution >= 0.6 is 0 Å². The van der Waals surface area contributed by atoms with Crippen molar-refractivity contribution in [1.82, 2.24) is 4.90 Å². The van der Waals surface area contributed by atoms with Crippen molar-refractivity contribution in [1.29, 1.82) is 0 Å². The third-order valence-corrected chi connectivity index (χ3v) is 3.72. The van der Waals surface area contributed by atoms with Crippen molar-refractivity contribution in [3.8, 4) is 0 Å². The standard InChI is InChI=1S/C12H21NO2/c1-3-15-12(14)9(2)7-13-8-10-4-5-11(13)6-10/h9-11H,3-8H2,1-2H3. The molecular weight excluding hydrogens is 190 g/mol. The van der Waals surface area contributed by atoms with E-state index < -0.39 is 0 Å². The molecule has 0 aromatic rings. The molecule has 0 N–H and O–H groups in total. The number of hydrogen-bond donors (Lipinski definition) is 0. The molecule has 0 aromatic carbocycles. The van der Waals surface area contributed by atoms with Crippen molar-refractivity contribution >= 4 is 5.97 Å². The number of carbonyl (C=O) groups is 1. The highest BCUT2D eigenvalue weighted by Crippen LogP contribution is 2.37. The molecule has 3 nitrogen and oxygen atoms in total. The first kappa shape index (κ1) is 10.9. The van der Waals surface area contributed by atoms with E-state index in [0.717, 1.165) is 18.5 Å². The molecule has 1 saturated heterocycles. The number of fused-ring (bicyclic) bond motifs is 2. The summed E-state index contributed by atoms with van der Waals surface area (Å²) < 4.78 is 5.03. The normalized spacial score (nSPS) is 31.9. The summed E-state index contributed by atoms with van der Waals surface area (Å²) in [7, 11) is 0. The van der Waals surface area contributed by atoms with Gasteiger partial charge >= 0.3 is 5.97 Å². The molecule has 2 aliphatic rings. The quantitative estimate of drug-likeness (QED) is 0.662. The lowest BCUT2D eigenvalue weighted by Crippen LogP contribution is -2.38. The molecule has 15 heavy (non-hydrogen) atoms. The number of ether oxygens (including phenoxy) is 1. The third-order valence-electron chi connectivity index (χ3n) is 3.72. The average Bonchev–Trinajstić information content (AvgIpc) is 2.79. The molecule has 1 aliphatic heterocycles. The number of nitrogens with zero attached hydrogens (tertiary/aromatic N) is 1. The van der Waals surface area contributed by atoms with Crippen LogP contribution in [0.1, 0.15) is 33.1 Å². The van der Waals surface area contributed by atoms with Crippen LogP contribution in [0.25, 0.3) is 0 Å². The van der Waals surface area contributed by atoms with Gasteiger partial charge in [-0.3, -0.25) is 9.69 Å². The maximum Gasteiger partial charge on any atom is 0.309 e. The van der Waals surface area contributed by atoms with Gasteiger partial charge in [0.15, 0.2) is 0 Å². The molecule has 2 fully saturated rings. The number of piperidine rings is 1. The Hall–Kier alpha value is -0.570.